The average molecular weight is 366 g/mol. The van der Waals surface area contributed by atoms with E-state index in [1.54, 1.807) is 4.90 Å². The quantitative estimate of drug-likeness (QED) is 0.805. The van der Waals surface area contributed by atoms with E-state index in [1.165, 1.54) is 5.56 Å². The molecule has 0 aliphatic carbocycles. The van der Waals surface area contributed by atoms with Crippen molar-refractivity contribution in [3.8, 4) is 5.75 Å². The first-order chi connectivity index (χ1) is 13.1. The summed E-state index contributed by atoms with van der Waals surface area (Å²) in [6, 6.07) is 15.3. The van der Waals surface area contributed by atoms with Crippen LogP contribution in [0.1, 0.15) is 32.3 Å². The molecule has 0 spiro atoms. The third kappa shape index (κ3) is 4.67. The number of hydrogen-bond acceptors (Lipinski definition) is 3. The molecule has 142 valence electrons. The second-order valence-electron chi connectivity index (χ2n) is 6.79. The Labute approximate surface area is 160 Å². The predicted molar refractivity (Wildman–Crippen MR) is 107 cm³/mol. The lowest BCUT2D eigenvalue weighted by Gasteiger charge is -2.17. The van der Waals surface area contributed by atoms with E-state index in [-0.39, 0.29) is 24.2 Å². The fraction of sp³-hybridized carbons (Fsp3) is 0.364. The van der Waals surface area contributed by atoms with Gasteiger partial charge in [0.15, 0.2) is 0 Å². The highest BCUT2D eigenvalue weighted by Crippen LogP contribution is 2.27. The van der Waals surface area contributed by atoms with Gasteiger partial charge in [-0.3, -0.25) is 9.59 Å². The van der Waals surface area contributed by atoms with E-state index in [9.17, 15) is 9.59 Å². The summed E-state index contributed by atoms with van der Waals surface area (Å²) in [5, 5.41) is 2.92. The van der Waals surface area contributed by atoms with Crippen LogP contribution in [0.4, 0.5) is 11.4 Å². The molecular formula is C22H26N2O3. The molecule has 0 radical (unpaired) electrons. The van der Waals surface area contributed by atoms with E-state index in [4.69, 9.17) is 4.74 Å². The minimum atomic E-state index is -0.348. The maximum atomic E-state index is 12.6. The minimum Gasteiger partial charge on any atom is -0.494 e. The molecule has 5 nitrogen and oxygen atoms in total. The molecule has 2 aromatic carbocycles. The number of hydrogen-bond donors (Lipinski definition) is 1. The van der Waals surface area contributed by atoms with Crippen LogP contribution in [0.15, 0.2) is 48.5 Å². The normalized spacial score (nSPS) is 16.4. The van der Waals surface area contributed by atoms with Crippen LogP contribution in [0.3, 0.4) is 0 Å². The van der Waals surface area contributed by atoms with Gasteiger partial charge in [0.1, 0.15) is 5.75 Å². The molecule has 5 heteroatoms. The Morgan fingerprint density at radius 2 is 1.81 bits per heavy atom. The van der Waals surface area contributed by atoms with E-state index in [0.29, 0.717) is 13.2 Å². The summed E-state index contributed by atoms with van der Waals surface area (Å²) in [6.45, 7) is 5.21. The second-order valence-corrected chi connectivity index (χ2v) is 6.79. The van der Waals surface area contributed by atoms with Crippen molar-refractivity contribution in [2.24, 2.45) is 5.92 Å². The van der Waals surface area contributed by atoms with E-state index in [2.05, 4.69) is 19.2 Å². The SMILES string of the molecule is CCCOc1ccc(N2C[C@H](C(=O)Nc3ccc(CC)cc3)CC2=O)cc1. The standard InChI is InChI=1S/C22H26N2O3/c1-3-13-27-20-11-9-19(10-12-20)24-15-17(14-21(24)25)22(26)23-18-7-5-16(4-2)6-8-18/h5-12,17H,3-4,13-15H2,1-2H3,(H,23,26)/t17-/m1/s1. The van der Waals surface area contributed by atoms with Crippen LogP contribution in [0.2, 0.25) is 0 Å². The molecule has 1 heterocycles. The highest BCUT2D eigenvalue weighted by atomic mass is 16.5. The maximum absolute atomic E-state index is 12.6. The molecule has 1 fully saturated rings. The average Bonchev–Trinajstić information content (AvgIpc) is 3.09. The van der Waals surface area contributed by atoms with Crippen molar-refractivity contribution in [2.75, 3.05) is 23.4 Å². The molecule has 1 aliphatic rings. The number of anilines is 2. The van der Waals surface area contributed by atoms with E-state index in [0.717, 1.165) is 30.0 Å². The van der Waals surface area contributed by atoms with Crippen molar-refractivity contribution in [1.82, 2.24) is 0 Å². The lowest BCUT2D eigenvalue weighted by atomic mass is 10.1. The fourth-order valence-electron chi connectivity index (χ4n) is 3.14. The van der Waals surface area contributed by atoms with Crippen molar-refractivity contribution < 1.29 is 14.3 Å². The number of amides is 2. The molecule has 0 aromatic heterocycles. The summed E-state index contributed by atoms with van der Waals surface area (Å²) in [5.74, 6) is 0.299. The maximum Gasteiger partial charge on any atom is 0.229 e. The lowest BCUT2D eigenvalue weighted by Crippen LogP contribution is -2.28. The van der Waals surface area contributed by atoms with Crippen LogP contribution in [0.5, 0.6) is 5.75 Å². The highest BCUT2D eigenvalue weighted by Gasteiger charge is 2.35. The predicted octanol–water partition coefficient (Wildman–Crippen LogP) is 4.03. The van der Waals surface area contributed by atoms with Crippen LogP contribution in [0, 0.1) is 5.92 Å². The van der Waals surface area contributed by atoms with Crippen molar-refractivity contribution in [2.45, 2.75) is 33.1 Å². The first-order valence-electron chi connectivity index (χ1n) is 9.53. The molecule has 1 aliphatic heterocycles. The molecule has 0 saturated carbocycles. The molecule has 1 atom stereocenters. The van der Waals surface area contributed by atoms with Crippen molar-refractivity contribution >= 4 is 23.2 Å². The van der Waals surface area contributed by atoms with Gasteiger partial charge in [0.2, 0.25) is 11.8 Å². The molecule has 3 rings (SSSR count). The van der Waals surface area contributed by atoms with E-state index >= 15 is 0 Å². The van der Waals surface area contributed by atoms with Gasteiger partial charge in [0.05, 0.1) is 12.5 Å². The summed E-state index contributed by atoms with van der Waals surface area (Å²) in [5.41, 5.74) is 2.79. The molecule has 2 amide bonds. The second kappa shape index (κ2) is 8.71. The van der Waals surface area contributed by atoms with Crippen molar-refractivity contribution in [3.05, 3.63) is 54.1 Å². The Hall–Kier alpha value is -2.82. The summed E-state index contributed by atoms with van der Waals surface area (Å²) in [7, 11) is 0. The van der Waals surface area contributed by atoms with Gasteiger partial charge >= 0.3 is 0 Å². The number of carbonyl (C=O) groups excluding carboxylic acids is 2. The number of benzene rings is 2. The summed E-state index contributed by atoms with van der Waals surface area (Å²) in [6.07, 6.45) is 2.14. The molecule has 1 saturated heterocycles. The first-order valence-corrected chi connectivity index (χ1v) is 9.53. The van der Waals surface area contributed by atoms with Crippen molar-refractivity contribution in [1.29, 1.82) is 0 Å². The van der Waals surface area contributed by atoms with Crippen LogP contribution in [-0.4, -0.2) is 25.0 Å². The zero-order valence-electron chi connectivity index (χ0n) is 15.9. The number of nitrogens with one attached hydrogen (secondary N) is 1. The van der Waals surface area contributed by atoms with Gasteiger partial charge in [-0.15, -0.1) is 0 Å². The molecule has 2 aromatic rings. The Bertz CT molecular complexity index is 784. The summed E-state index contributed by atoms with van der Waals surface area (Å²) in [4.78, 5) is 26.6. The van der Waals surface area contributed by atoms with Gasteiger partial charge in [-0.25, -0.2) is 0 Å². The van der Waals surface area contributed by atoms with Gasteiger partial charge in [-0.05, 0) is 54.8 Å². The fourth-order valence-corrected chi connectivity index (χ4v) is 3.14. The van der Waals surface area contributed by atoms with Gasteiger partial charge in [-0.1, -0.05) is 26.0 Å². The topological polar surface area (TPSA) is 58.6 Å². The molecule has 27 heavy (non-hydrogen) atoms. The Morgan fingerprint density at radius 3 is 2.44 bits per heavy atom. The Morgan fingerprint density at radius 1 is 1.11 bits per heavy atom. The van der Waals surface area contributed by atoms with E-state index in [1.807, 2.05) is 48.5 Å². The minimum absolute atomic E-state index is 0.0290. The van der Waals surface area contributed by atoms with Gasteiger partial charge in [0, 0.05) is 24.3 Å². The van der Waals surface area contributed by atoms with Crippen LogP contribution >= 0.6 is 0 Å². The number of rotatable bonds is 7. The van der Waals surface area contributed by atoms with Crippen LogP contribution in [-0.2, 0) is 16.0 Å². The van der Waals surface area contributed by atoms with Crippen LogP contribution in [0.25, 0.3) is 0 Å². The largest absolute Gasteiger partial charge is 0.494 e. The number of carbonyl (C=O) groups is 2. The zero-order valence-corrected chi connectivity index (χ0v) is 15.9. The smallest absolute Gasteiger partial charge is 0.229 e. The molecular weight excluding hydrogens is 340 g/mol. The van der Waals surface area contributed by atoms with Gasteiger partial charge in [0.25, 0.3) is 0 Å². The number of nitrogens with zero attached hydrogens (tertiary/aromatic N) is 1. The van der Waals surface area contributed by atoms with Gasteiger partial charge in [-0.2, -0.15) is 0 Å². The summed E-state index contributed by atoms with van der Waals surface area (Å²) >= 11 is 0. The van der Waals surface area contributed by atoms with Gasteiger partial charge < -0.3 is 15.0 Å². The third-order valence-electron chi connectivity index (χ3n) is 4.75. The lowest BCUT2D eigenvalue weighted by molar-refractivity contribution is -0.122. The molecule has 0 unspecified atom stereocenters. The highest BCUT2D eigenvalue weighted by molar-refractivity contribution is 6.03. The van der Waals surface area contributed by atoms with E-state index < -0.39 is 0 Å². The molecule has 1 N–H and O–H groups in total. The summed E-state index contributed by atoms with van der Waals surface area (Å²) < 4.78 is 5.57. The Kier molecular flexibility index (Phi) is 6.12. The third-order valence-corrected chi connectivity index (χ3v) is 4.75. The number of ether oxygens (including phenoxy) is 1. The number of aryl methyl sites for hydroxylation is 1. The van der Waals surface area contributed by atoms with Crippen LogP contribution < -0.4 is 15.0 Å². The Balaban J connectivity index is 1.61. The zero-order chi connectivity index (χ0) is 19.2. The van der Waals surface area contributed by atoms with Crippen molar-refractivity contribution in [3.63, 3.8) is 0 Å². The first kappa shape index (κ1) is 19.0. The molecule has 0 bridgehead atoms. The monoisotopic (exact) mass is 366 g/mol.